The van der Waals surface area contributed by atoms with Crippen LogP contribution in [0, 0.1) is 0 Å². The minimum absolute atomic E-state index is 0.289. The van der Waals surface area contributed by atoms with Gasteiger partial charge in [-0.2, -0.15) is 0 Å². The molecule has 1 saturated carbocycles. The molecule has 0 spiro atoms. The standard InChI is InChI=1S/C37H40O12/c1-23(38)45-31-32(46-24(2)39)34(48-26(4)41)36(43,35(49-27(5)42)33(31)47-25(3)40)21-22-44-37(28-15-9-6-10-16-28,29-17-11-7-12-18-29)30-19-13-8-14-20-30/h6-20,31-35,43H,21-22H2,1-5H3/t31-,32-,33+,34+,35-,36+. The zero-order valence-corrected chi connectivity index (χ0v) is 27.9. The average Bonchev–Trinajstić information content (AvgIpc) is 3.05. The molecule has 0 radical (unpaired) electrons. The molecular formula is C37H40O12. The molecule has 12 nitrogen and oxygen atoms in total. The van der Waals surface area contributed by atoms with Crippen LogP contribution in [0.1, 0.15) is 57.7 Å². The second-order valence-electron chi connectivity index (χ2n) is 11.7. The molecule has 3 aromatic carbocycles. The second kappa shape index (κ2) is 15.9. The maximum atomic E-state index is 12.7. The molecule has 49 heavy (non-hydrogen) atoms. The zero-order valence-electron chi connectivity index (χ0n) is 27.9. The van der Waals surface area contributed by atoms with Crippen LogP contribution < -0.4 is 0 Å². The highest BCUT2D eigenvalue weighted by Gasteiger charge is 2.66. The Kier molecular flexibility index (Phi) is 11.9. The van der Waals surface area contributed by atoms with Gasteiger partial charge in [-0.05, 0) is 16.7 Å². The van der Waals surface area contributed by atoms with E-state index in [1.165, 1.54) is 0 Å². The van der Waals surface area contributed by atoms with E-state index in [2.05, 4.69) is 0 Å². The van der Waals surface area contributed by atoms with Crippen molar-refractivity contribution in [1.82, 2.24) is 0 Å². The van der Waals surface area contributed by atoms with Crippen LogP contribution in [0.15, 0.2) is 91.0 Å². The van der Waals surface area contributed by atoms with Crippen LogP contribution in [0.25, 0.3) is 0 Å². The van der Waals surface area contributed by atoms with Crippen LogP contribution in [0.2, 0.25) is 0 Å². The van der Waals surface area contributed by atoms with Crippen molar-refractivity contribution in [2.24, 2.45) is 0 Å². The SMILES string of the molecule is CC(=O)O[C@@H]1[C@@H](OC(C)=O)[C@H](OC(C)=O)[C@@](O)(CCOC(c2ccccc2)(c2ccccc2)c2ccccc2)[C@H](OC(C)=O)[C@H]1OC(C)=O. The van der Waals surface area contributed by atoms with Crippen molar-refractivity contribution in [2.45, 2.75) is 82.8 Å². The maximum Gasteiger partial charge on any atom is 0.303 e. The number of benzene rings is 3. The number of carbonyl (C=O) groups is 5. The fourth-order valence-corrected chi connectivity index (χ4v) is 6.35. The number of carbonyl (C=O) groups excluding carboxylic acids is 5. The summed E-state index contributed by atoms with van der Waals surface area (Å²) in [6, 6.07) is 28.2. The first-order valence-electron chi connectivity index (χ1n) is 15.7. The summed E-state index contributed by atoms with van der Waals surface area (Å²) in [5.41, 5.74) is -1.43. The number of ether oxygens (including phenoxy) is 6. The molecule has 1 aliphatic carbocycles. The molecule has 0 amide bonds. The topological polar surface area (TPSA) is 161 Å². The van der Waals surface area contributed by atoms with E-state index in [9.17, 15) is 29.1 Å². The smallest absolute Gasteiger partial charge is 0.303 e. The molecule has 0 unspecified atom stereocenters. The van der Waals surface area contributed by atoms with Crippen molar-refractivity contribution in [2.75, 3.05) is 6.61 Å². The van der Waals surface area contributed by atoms with Crippen molar-refractivity contribution < 1.29 is 57.5 Å². The summed E-state index contributed by atoms with van der Waals surface area (Å²) >= 11 is 0. The third kappa shape index (κ3) is 8.33. The van der Waals surface area contributed by atoms with Gasteiger partial charge in [-0.3, -0.25) is 24.0 Å². The summed E-state index contributed by atoms with van der Waals surface area (Å²) in [6.07, 6.45) is -9.07. The summed E-state index contributed by atoms with van der Waals surface area (Å²) in [5.74, 6) is -4.46. The van der Waals surface area contributed by atoms with Crippen molar-refractivity contribution in [3.63, 3.8) is 0 Å². The van der Waals surface area contributed by atoms with E-state index >= 15 is 0 Å². The fraction of sp³-hybridized carbons (Fsp3) is 0.378. The van der Waals surface area contributed by atoms with Gasteiger partial charge in [0.05, 0.1) is 6.61 Å². The predicted octanol–water partition coefficient (Wildman–Crippen LogP) is 3.79. The quantitative estimate of drug-likeness (QED) is 0.168. The highest BCUT2D eigenvalue weighted by Crippen LogP contribution is 2.44. The van der Waals surface area contributed by atoms with Gasteiger partial charge in [-0.15, -0.1) is 0 Å². The van der Waals surface area contributed by atoms with E-state index in [0.29, 0.717) is 0 Å². The second-order valence-corrected chi connectivity index (χ2v) is 11.7. The van der Waals surface area contributed by atoms with E-state index in [4.69, 9.17) is 28.4 Å². The van der Waals surface area contributed by atoms with Crippen molar-refractivity contribution in [3.8, 4) is 0 Å². The zero-order chi connectivity index (χ0) is 35.8. The molecule has 0 heterocycles. The first-order chi connectivity index (χ1) is 23.3. The Morgan fingerprint density at radius 1 is 0.531 bits per heavy atom. The van der Waals surface area contributed by atoms with Gasteiger partial charge in [0.25, 0.3) is 0 Å². The van der Waals surface area contributed by atoms with Gasteiger partial charge in [0.15, 0.2) is 30.5 Å². The van der Waals surface area contributed by atoms with E-state index in [1.807, 2.05) is 91.0 Å². The highest BCUT2D eigenvalue weighted by atomic mass is 16.7. The summed E-state index contributed by atoms with van der Waals surface area (Å²) < 4.78 is 34.5. The molecular weight excluding hydrogens is 636 g/mol. The molecule has 0 aromatic heterocycles. The van der Waals surface area contributed by atoms with Crippen molar-refractivity contribution in [3.05, 3.63) is 108 Å². The third-order valence-corrected chi connectivity index (χ3v) is 8.08. The van der Waals surface area contributed by atoms with Crippen LogP contribution in [-0.4, -0.2) is 77.7 Å². The van der Waals surface area contributed by atoms with Crippen LogP contribution in [-0.2, 0) is 58.0 Å². The van der Waals surface area contributed by atoms with Crippen molar-refractivity contribution >= 4 is 29.8 Å². The van der Waals surface area contributed by atoms with Crippen LogP contribution in [0.4, 0.5) is 0 Å². The normalized spacial score (nSPS) is 23.4. The average molecular weight is 677 g/mol. The van der Waals surface area contributed by atoms with E-state index < -0.39 is 78.0 Å². The summed E-state index contributed by atoms with van der Waals surface area (Å²) in [6.45, 7) is 5.01. The summed E-state index contributed by atoms with van der Waals surface area (Å²) in [7, 11) is 0. The molecule has 0 aliphatic heterocycles. The van der Waals surface area contributed by atoms with Gasteiger partial charge >= 0.3 is 29.8 Å². The monoisotopic (exact) mass is 676 g/mol. The van der Waals surface area contributed by atoms with Gasteiger partial charge in [0.1, 0.15) is 11.2 Å². The summed E-state index contributed by atoms with van der Waals surface area (Å²) in [4.78, 5) is 62.1. The van der Waals surface area contributed by atoms with Crippen LogP contribution in [0.3, 0.4) is 0 Å². The molecule has 3 aromatic rings. The third-order valence-electron chi connectivity index (χ3n) is 8.08. The minimum Gasteiger partial charge on any atom is -0.455 e. The highest BCUT2D eigenvalue weighted by molar-refractivity contribution is 5.70. The number of rotatable bonds is 12. The van der Waals surface area contributed by atoms with Gasteiger partial charge in [-0.1, -0.05) is 91.0 Å². The molecule has 0 bridgehead atoms. The molecule has 12 heteroatoms. The Labute approximate surface area is 284 Å². The van der Waals surface area contributed by atoms with Crippen LogP contribution in [0.5, 0.6) is 0 Å². The van der Waals surface area contributed by atoms with Gasteiger partial charge in [0.2, 0.25) is 0 Å². The lowest BCUT2D eigenvalue weighted by molar-refractivity contribution is -0.289. The minimum atomic E-state index is -2.44. The molecule has 4 rings (SSSR count). The first-order valence-corrected chi connectivity index (χ1v) is 15.7. The Morgan fingerprint density at radius 3 is 1.14 bits per heavy atom. The lowest BCUT2D eigenvalue weighted by Gasteiger charge is -2.52. The fourth-order valence-electron chi connectivity index (χ4n) is 6.35. The van der Waals surface area contributed by atoms with Gasteiger partial charge in [-0.25, -0.2) is 0 Å². The van der Waals surface area contributed by atoms with Gasteiger partial charge in [0, 0.05) is 41.0 Å². The molecule has 1 aliphatic rings. The van der Waals surface area contributed by atoms with Crippen molar-refractivity contribution in [1.29, 1.82) is 0 Å². The van der Waals surface area contributed by atoms with E-state index in [1.54, 1.807) is 0 Å². The molecule has 6 atom stereocenters. The van der Waals surface area contributed by atoms with Crippen LogP contribution >= 0.6 is 0 Å². The summed E-state index contributed by atoms with van der Waals surface area (Å²) in [5, 5.41) is 12.7. The van der Waals surface area contributed by atoms with E-state index in [-0.39, 0.29) is 6.61 Å². The lowest BCUT2D eigenvalue weighted by Crippen LogP contribution is -2.74. The lowest BCUT2D eigenvalue weighted by atomic mass is 9.72. The number of hydrogen-bond donors (Lipinski definition) is 1. The number of hydrogen-bond acceptors (Lipinski definition) is 12. The number of aliphatic hydroxyl groups is 1. The first kappa shape index (κ1) is 36.8. The Balaban J connectivity index is 1.89. The molecule has 0 saturated heterocycles. The molecule has 1 N–H and O–H groups in total. The Morgan fingerprint density at radius 2 is 0.837 bits per heavy atom. The van der Waals surface area contributed by atoms with Gasteiger partial charge < -0.3 is 33.5 Å². The Hall–Kier alpha value is -5.07. The molecule has 260 valence electrons. The predicted molar refractivity (Wildman–Crippen MR) is 172 cm³/mol. The van der Waals surface area contributed by atoms with E-state index in [0.717, 1.165) is 51.3 Å². The Bertz CT molecular complexity index is 1470. The maximum absolute atomic E-state index is 12.7. The molecule has 1 fully saturated rings. The number of esters is 5. The largest absolute Gasteiger partial charge is 0.455 e.